The quantitative estimate of drug-likeness (QED) is 0.393. The number of hydrogen-bond acceptors (Lipinski definition) is 6. The van der Waals surface area contributed by atoms with Gasteiger partial charge in [0.05, 0.1) is 23.7 Å². The lowest BCUT2D eigenvalue weighted by molar-refractivity contribution is -0.152. The first-order valence-electron chi connectivity index (χ1n) is 12.2. The van der Waals surface area contributed by atoms with Crippen molar-refractivity contribution in [2.75, 3.05) is 6.61 Å². The van der Waals surface area contributed by atoms with Crippen LogP contribution in [0.3, 0.4) is 0 Å². The fraction of sp³-hybridized carbons (Fsp3) is 0.483. The summed E-state index contributed by atoms with van der Waals surface area (Å²) in [4.78, 5) is 38.7. The molecule has 2 aromatic carbocycles. The predicted octanol–water partition coefficient (Wildman–Crippen LogP) is 5.65. The maximum Gasteiger partial charge on any atom is 0.338 e. The van der Waals surface area contributed by atoms with Crippen molar-refractivity contribution in [2.45, 2.75) is 79.9 Å². The lowest BCUT2D eigenvalue weighted by Crippen LogP contribution is -2.39. The van der Waals surface area contributed by atoms with E-state index >= 15 is 0 Å². The van der Waals surface area contributed by atoms with Crippen LogP contribution in [0.1, 0.15) is 80.3 Å². The van der Waals surface area contributed by atoms with Crippen LogP contribution >= 0.6 is 0 Å². The van der Waals surface area contributed by atoms with Crippen LogP contribution in [0.4, 0.5) is 0 Å². The van der Waals surface area contributed by atoms with Gasteiger partial charge in [0.15, 0.2) is 0 Å². The molecular weight excluding hydrogens is 444 g/mol. The topological polar surface area (TPSA) is 78.9 Å². The van der Waals surface area contributed by atoms with Gasteiger partial charge in [-0.3, -0.25) is 4.79 Å². The second kappa shape index (κ2) is 11.1. The zero-order valence-corrected chi connectivity index (χ0v) is 21.8. The Labute approximate surface area is 208 Å². The number of hydrogen-bond donors (Lipinski definition) is 0. The number of benzene rings is 2. The van der Waals surface area contributed by atoms with E-state index in [1.54, 1.807) is 6.92 Å². The van der Waals surface area contributed by atoms with Crippen molar-refractivity contribution in [3.63, 3.8) is 0 Å². The Morgan fingerprint density at radius 1 is 0.714 bits per heavy atom. The van der Waals surface area contributed by atoms with E-state index in [1.165, 1.54) is 0 Å². The molecule has 0 aromatic heterocycles. The van der Waals surface area contributed by atoms with Crippen molar-refractivity contribution in [1.29, 1.82) is 0 Å². The van der Waals surface area contributed by atoms with E-state index in [0.717, 1.165) is 33.4 Å². The third-order valence-corrected chi connectivity index (χ3v) is 6.85. The van der Waals surface area contributed by atoms with Crippen LogP contribution in [-0.2, 0) is 19.0 Å². The molecule has 6 heteroatoms. The van der Waals surface area contributed by atoms with Crippen molar-refractivity contribution in [2.24, 2.45) is 5.92 Å². The molecule has 2 unspecified atom stereocenters. The SMILES string of the molecule is CCOC(=O)C1CC(OC(=O)c2cc(C)cc(C)c2C)CC(OC(=O)c2cc(C)cc(C)c2C)C1. The van der Waals surface area contributed by atoms with Gasteiger partial charge >= 0.3 is 17.9 Å². The van der Waals surface area contributed by atoms with E-state index in [-0.39, 0.29) is 12.6 Å². The number of rotatable bonds is 6. The fourth-order valence-electron chi connectivity index (χ4n) is 4.79. The molecule has 1 aliphatic carbocycles. The molecule has 0 saturated heterocycles. The van der Waals surface area contributed by atoms with Gasteiger partial charge < -0.3 is 14.2 Å². The zero-order valence-electron chi connectivity index (χ0n) is 21.8. The number of aryl methyl sites for hydroxylation is 4. The van der Waals surface area contributed by atoms with Gasteiger partial charge in [0, 0.05) is 6.42 Å². The first kappa shape index (κ1) is 26.5. The molecule has 1 saturated carbocycles. The van der Waals surface area contributed by atoms with Gasteiger partial charge in [-0.2, -0.15) is 0 Å². The van der Waals surface area contributed by atoms with Crippen LogP contribution < -0.4 is 0 Å². The standard InChI is InChI=1S/C29H36O6/c1-8-33-27(30)22-13-23(34-28(31)25-11-16(2)9-18(4)20(25)6)15-24(14-22)35-29(32)26-12-17(3)10-19(5)21(26)7/h9-12,22-24H,8,13-15H2,1-7H3. The van der Waals surface area contributed by atoms with Gasteiger partial charge in [-0.05, 0) is 107 Å². The van der Waals surface area contributed by atoms with Gasteiger partial charge in [0.1, 0.15) is 12.2 Å². The lowest BCUT2D eigenvalue weighted by Gasteiger charge is -2.33. The zero-order chi connectivity index (χ0) is 25.9. The number of carbonyl (C=O) groups is 3. The summed E-state index contributed by atoms with van der Waals surface area (Å²) in [5, 5.41) is 0. The highest BCUT2D eigenvalue weighted by Gasteiger charge is 2.38. The summed E-state index contributed by atoms with van der Waals surface area (Å²) in [6, 6.07) is 7.68. The Bertz CT molecular complexity index is 1050. The molecule has 3 rings (SSSR count). The fourth-order valence-corrected chi connectivity index (χ4v) is 4.79. The Hall–Kier alpha value is -3.15. The van der Waals surface area contributed by atoms with Crippen LogP contribution in [0.5, 0.6) is 0 Å². The molecule has 2 atom stereocenters. The van der Waals surface area contributed by atoms with Crippen LogP contribution in [0.2, 0.25) is 0 Å². The number of carbonyl (C=O) groups excluding carboxylic acids is 3. The van der Waals surface area contributed by atoms with E-state index in [2.05, 4.69) is 0 Å². The molecule has 35 heavy (non-hydrogen) atoms. The molecule has 0 amide bonds. The Kier molecular flexibility index (Phi) is 8.36. The van der Waals surface area contributed by atoms with E-state index in [1.807, 2.05) is 65.8 Å². The largest absolute Gasteiger partial charge is 0.466 e. The second-order valence-electron chi connectivity index (χ2n) is 9.72. The molecule has 0 radical (unpaired) electrons. The summed E-state index contributed by atoms with van der Waals surface area (Å²) in [5.41, 5.74) is 6.74. The van der Waals surface area contributed by atoms with E-state index < -0.39 is 30.1 Å². The minimum atomic E-state index is -0.566. The van der Waals surface area contributed by atoms with Crippen molar-refractivity contribution in [3.05, 3.63) is 68.8 Å². The van der Waals surface area contributed by atoms with Gasteiger partial charge in [0.25, 0.3) is 0 Å². The van der Waals surface area contributed by atoms with Crippen LogP contribution in [0.15, 0.2) is 24.3 Å². The van der Waals surface area contributed by atoms with E-state index in [4.69, 9.17) is 14.2 Å². The van der Waals surface area contributed by atoms with Crippen LogP contribution in [0.25, 0.3) is 0 Å². The molecular formula is C29H36O6. The van der Waals surface area contributed by atoms with Gasteiger partial charge in [-0.15, -0.1) is 0 Å². The first-order chi connectivity index (χ1) is 16.5. The minimum Gasteiger partial charge on any atom is -0.466 e. The van der Waals surface area contributed by atoms with Crippen LogP contribution in [0, 0.1) is 47.5 Å². The highest BCUT2D eigenvalue weighted by atomic mass is 16.6. The normalized spacial score (nSPS) is 19.7. The average molecular weight is 481 g/mol. The minimum absolute atomic E-state index is 0.258. The average Bonchev–Trinajstić information content (AvgIpc) is 2.78. The highest BCUT2D eigenvalue weighted by molar-refractivity contribution is 5.92. The van der Waals surface area contributed by atoms with E-state index in [0.29, 0.717) is 30.4 Å². The van der Waals surface area contributed by atoms with Crippen molar-refractivity contribution in [1.82, 2.24) is 0 Å². The Balaban J connectivity index is 1.81. The van der Waals surface area contributed by atoms with Gasteiger partial charge in [-0.25, -0.2) is 9.59 Å². The number of esters is 3. The maximum atomic E-state index is 13.1. The summed E-state index contributed by atoms with van der Waals surface area (Å²) in [7, 11) is 0. The molecule has 0 spiro atoms. The third kappa shape index (κ3) is 6.30. The summed E-state index contributed by atoms with van der Waals surface area (Å²) in [6.07, 6.45) is -0.120. The molecule has 6 nitrogen and oxygen atoms in total. The summed E-state index contributed by atoms with van der Waals surface area (Å²) in [6.45, 7) is 13.6. The highest BCUT2D eigenvalue weighted by Crippen LogP contribution is 2.32. The molecule has 2 aromatic rings. The molecule has 0 aliphatic heterocycles. The third-order valence-electron chi connectivity index (χ3n) is 6.85. The van der Waals surface area contributed by atoms with Crippen molar-refractivity contribution < 1.29 is 28.6 Å². The lowest BCUT2D eigenvalue weighted by atomic mass is 9.85. The van der Waals surface area contributed by atoms with Crippen LogP contribution in [-0.4, -0.2) is 36.7 Å². The molecule has 0 heterocycles. The summed E-state index contributed by atoms with van der Waals surface area (Å²) in [5.74, 6) is -1.74. The molecule has 1 aliphatic rings. The Morgan fingerprint density at radius 2 is 1.14 bits per heavy atom. The maximum absolute atomic E-state index is 13.1. The second-order valence-corrected chi connectivity index (χ2v) is 9.72. The van der Waals surface area contributed by atoms with E-state index in [9.17, 15) is 14.4 Å². The first-order valence-corrected chi connectivity index (χ1v) is 12.2. The smallest absolute Gasteiger partial charge is 0.338 e. The molecule has 0 bridgehead atoms. The molecule has 1 fully saturated rings. The van der Waals surface area contributed by atoms with Crippen molar-refractivity contribution >= 4 is 17.9 Å². The monoisotopic (exact) mass is 480 g/mol. The molecule has 188 valence electrons. The predicted molar refractivity (Wildman–Crippen MR) is 134 cm³/mol. The van der Waals surface area contributed by atoms with Gasteiger partial charge in [-0.1, -0.05) is 12.1 Å². The van der Waals surface area contributed by atoms with Crippen molar-refractivity contribution in [3.8, 4) is 0 Å². The van der Waals surface area contributed by atoms with Gasteiger partial charge in [0.2, 0.25) is 0 Å². The molecule has 0 N–H and O–H groups in total. The number of ether oxygens (including phenoxy) is 3. The Morgan fingerprint density at radius 3 is 1.54 bits per heavy atom. The summed E-state index contributed by atoms with van der Waals surface area (Å²) >= 11 is 0. The summed E-state index contributed by atoms with van der Waals surface area (Å²) < 4.78 is 17.0.